The first-order valence-corrected chi connectivity index (χ1v) is 8.94. The van der Waals surface area contributed by atoms with Crippen molar-refractivity contribution < 1.29 is 9.53 Å². The van der Waals surface area contributed by atoms with Crippen LogP contribution >= 0.6 is 0 Å². The molecule has 1 unspecified atom stereocenters. The van der Waals surface area contributed by atoms with Gasteiger partial charge in [0.1, 0.15) is 5.60 Å². The number of rotatable bonds is 6. The molecular weight excluding hydrogens is 276 g/mol. The molecule has 1 fully saturated rings. The van der Waals surface area contributed by atoms with Gasteiger partial charge in [0.05, 0.1) is 0 Å². The highest BCUT2D eigenvalue weighted by Gasteiger charge is 2.24. The number of hydrogen-bond donors (Lipinski definition) is 2. The summed E-state index contributed by atoms with van der Waals surface area (Å²) in [6.07, 6.45) is 5.76. The number of carbonyl (C=O) groups excluding carboxylic acids is 1. The smallest absolute Gasteiger partial charge is 0.407 e. The molecule has 0 aromatic carbocycles. The van der Waals surface area contributed by atoms with Crippen LogP contribution in [0.15, 0.2) is 0 Å². The lowest BCUT2D eigenvalue weighted by Gasteiger charge is -2.32. The second kappa shape index (κ2) is 8.76. The van der Waals surface area contributed by atoms with E-state index in [-0.39, 0.29) is 12.1 Å². The van der Waals surface area contributed by atoms with Gasteiger partial charge >= 0.3 is 6.09 Å². The highest BCUT2D eigenvalue weighted by Crippen LogP contribution is 2.29. The molecule has 1 rings (SSSR count). The van der Waals surface area contributed by atoms with Crippen molar-refractivity contribution in [1.82, 2.24) is 10.6 Å². The lowest BCUT2D eigenvalue weighted by atomic mass is 9.79. The predicted molar refractivity (Wildman–Crippen MR) is 92.0 cm³/mol. The minimum atomic E-state index is -0.439. The molecule has 1 atom stereocenters. The van der Waals surface area contributed by atoms with Crippen molar-refractivity contribution in [2.45, 2.75) is 91.3 Å². The SMILES string of the molecule is CCC(CNC1CCC(C(C)C)CC1)NC(=O)OC(C)(C)C. The molecule has 0 heterocycles. The molecule has 1 aliphatic rings. The number of alkyl carbamates (subject to hydrolysis) is 1. The van der Waals surface area contributed by atoms with E-state index in [0.29, 0.717) is 6.04 Å². The predicted octanol–water partition coefficient (Wildman–Crippen LogP) is 4.09. The third-order valence-corrected chi connectivity index (χ3v) is 4.58. The van der Waals surface area contributed by atoms with Crippen LogP contribution < -0.4 is 10.6 Å². The van der Waals surface area contributed by atoms with E-state index in [1.165, 1.54) is 25.7 Å². The third kappa shape index (κ3) is 7.48. The van der Waals surface area contributed by atoms with Crippen LogP contribution in [0.2, 0.25) is 0 Å². The molecule has 0 aromatic heterocycles. The zero-order chi connectivity index (χ0) is 16.8. The molecule has 1 amide bonds. The number of amides is 1. The van der Waals surface area contributed by atoms with E-state index in [2.05, 4.69) is 31.4 Å². The van der Waals surface area contributed by atoms with E-state index in [4.69, 9.17) is 4.74 Å². The zero-order valence-electron chi connectivity index (χ0n) is 15.4. The Morgan fingerprint density at radius 1 is 1.18 bits per heavy atom. The van der Waals surface area contributed by atoms with Gasteiger partial charge in [-0.1, -0.05) is 20.8 Å². The molecular formula is C18H36N2O2. The standard InChI is InChI=1S/C18H36N2O2/c1-7-15(20-17(21)22-18(4,5)6)12-19-16-10-8-14(9-11-16)13(2)3/h13-16,19H,7-12H2,1-6H3,(H,20,21). The lowest BCUT2D eigenvalue weighted by molar-refractivity contribution is 0.0501. The molecule has 130 valence electrons. The fourth-order valence-electron chi connectivity index (χ4n) is 3.07. The molecule has 0 spiro atoms. The molecule has 0 saturated heterocycles. The summed E-state index contributed by atoms with van der Waals surface area (Å²) in [5, 5.41) is 6.60. The van der Waals surface area contributed by atoms with Gasteiger partial charge in [-0.25, -0.2) is 4.79 Å². The Morgan fingerprint density at radius 2 is 1.77 bits per heavy atom. The monoisotopic (exact) mass is 312 g/mol. The van der Waals surface area contributed by atoms with Crippen molar-refractivity contribution in [3.63, 3.8) is 0 Å². The molecule has 22 heavy (non-hydrogen) atoms. The first kappa shape index (κ1) is 19.3. The van der Waals surface area contributed by atoms with Crippen molar-refractivity contribution >= 4 is 6.09 Å². The molecule has 0 aromatic rings. The molecule has 2 N–H and O–H groups in total. The van der Waals surface area contributed by atoms with Gasteiger partial charge in [0.15, 0.2) is 0 Å². The molecule has 0 radical (unpaired) electrons. The molecule has 1 aliphatic carbocycles. The van der Waals surface area contributed by atoms with Crippen molar-refractivity contribution in [3.05, 3.63) is 0 Å². The highest BCUT2D eigenvalue weighted by molar-refractivity contribution is 5.68. The van der Waals surface area contributed by atoms with E-state index in [1.807, 2.05) is 20.8 Å². The van der Waals surface area contributed by atoms with Crippen LogP contribution in [-0.4, -0.2) is 30.3 Å². The van der Waals surface area contributed by atoms with Crippen LogP contribution in [0.4, 0.5) is 4.79 Å². The average molecular weight is 312 g/mol. The number of carbonyl (C=O) groups is 1. The van der Waals surface area contributed by atoms with Crippen LogP contribution in [0.25, 0.3) is 0 Å². The maximum absolute atomic E-state index is 11.8. The highest BCUT2D eigenvalue weighted by atomic mass is 16.6. The Kier molecular flexibility index (Phi) is 7.67. The summed E-state index contributed by atoms with van der Waals surface area (Å²) in [5.41, 5.74) is -0.439. The van der Waals surface area contributed by atoms with Gasteiger partial charge < -0.3 is 15.4 Å². The summed E-state index contributed by atoms with van der Waals surface area (Å²) < 4.78 is 5.32. The van der Waals surface area contributed by atoms with Gasteiger partial charge in [0.2, 0.25) is 0 Å². The Balaban J connectivity index is 2.28. The summed E-state index contributed by atoms with van der Waals surface area (Å²) in [6.45, 7) is 13.2. The Morgan fingerprint density at radius 3 is 2.23 bits per heavy atom. The van der Waals surface area contributed by atoms with Crippen molar-refractivity contribution in [1.29, 1.82) is 0 Å². The normalized spacial score (nSPS) is 24.1. The molecule has 4 heteroatoms. The third-order valence-electron chi connectivity index (χ3n) is 4.58. The summed E-state index contributed by atoms with van der Waals surface area (Å²) in [6, 6.07) is 0.738. The van der Waals surface area contributed by atoms with E-state index in [1.54, 1.807) is 0 Å². The number of nitrogens with one attached hydrogen (secondary N) is 2. The summed E-state index contributed by atoms with van der Waals surface area (Å²) in [5.74, 6) is 1.69. The first-order valence-electron chi connectivity index (χ1n) is 8.94. The maximum atomic E-state index is 11.8. The fraction of sp³-hybridized carbons (Fsp3) is 0.944. The van der Waals surface area contributed by atoms with Crippen molar-refractivity contribution in [3.8, 4) is 0 Å². The van der Waals surface area contributed by atoms with Crippen LogP contribution in [0.5, 0.6) is 0 Å². The second-order valence-corrected chi connectivity index (χ2v) is 8.02. The minimum Gasteiger partial charge on any atom is -0.444 e. The van der Waals surface area contributed by atoms with E-state index >= 15 is 0 Å². The van der Waals surface area contributed by atoms with Crippen LogP contribution in [0.3, 0.4) is 0 Å². The lowest BCUT2D eigenvalue weighted by Crippen LogP contribution is -2.46. The molecule has 1 saturated carbocycles. The quantitative estimate of drug-likeness (QED) is 0.776. The van der Waals surface area contributed by atoms with Crippen LogP contribution in [0.1, 0.15) is 73.6 Å². The van der Waals surface area contributed by atoms with Gasteiger partial charge in [-0.3, -0.25) is 0 Å². The molecule has 0 bridgehead atoms. The average Bonchev–Trinajstić information content (AvgIpc) is 2.41. The first-order chi connectivity index (χ1) is 10.2. The Hall–Kier alpha value is -0.770. The molecule has 4 nitrogen and oxygen atoms in total. The van der Waals surface area contributed by atoms with Gasteiger partial charge in [0.25, 0.3) is 0 Å². The summed E-state index contributed by atoms with van der Waals surface area (Å²) >= 11 is 0. The summed E-state index contributed by atoms with van der Waals surface area (Å²) in [4.78, 5) is 11.8. The van der Waals surface area contributed by atoms with E-state index in [0.717, 1.165) is 24.8 Å². The topological polar surface area (TPSA) is 50.4 Å². The largest absolute Gasteiger partial charge is 0.444 e. The summed E-state index contributed by atoms with van der Waals surface area (Å²) in [7, 11) is 0. The van der Waals surface area contributed by atoms with Crippen LogP contribution in [-0.2, 0) is 4.74 Å². The van der Waals surface area contributed by atoms with Crippen LogP contribution in [0, 0.1) is 11.8 Å². The maximum Gasteiger partial charge on any atom is 0.407 e. The number of ether oxygens (including phenoxy) is 1. The fourth-order valence-corrected chi connectivity index (χ4v) is 3.07. The van der Waals surface area contributed by atoms with E-state index in [9.17, 15) is 4.79 Å². The van der Waals surface area contributed by atoms with Gasteiger partial charge in [0, 0.05) is 18.6 Å². The Labute approximate surface area is 136 Å². The van der Waals surface area contributed by atoms with Gasteiger partial charge in [-0.05, 0) is 64.7 Å². The number of hydrogen-bond acceptors (Lipinski definition) is 3. The minimum absolute atomic E-state index is 0.137. The van der Waals surface area contributed by atoms with Gasteiger partial charge in [-0.15, -0.1) is 0 Å². The second-order valence-electron chi connectivity index (χ2n) is 8.02. The van der Waals surface area contributed by atoms with E-state index < -0.39 is 5.60 Å². The van der Waals surface area contributed by atoms with Gasteiger partial charge in [-0.2, -0.15) is 0 Å². The van der Waals surface area contributed by atoms with Crippen molar-refractivity contribution in [2.24, 2.45) is 11.8 Å². The Bertz CT molecular complexity index is 328. The molecule has 0 aliphatic heterocycles. The zero-order valence-corrected chi connectivity index (χ0v) is 15.4. The van der Waals surface area contributed by atoms with Crippen molar-refractivity contribution in [2.75, 3.05) is 6.54 Å².